The number of hydrogen-bond donors (Lipinski definition) is 0. The van der Waals surface area contributed by atoms with Crippen LogP contribution in [-0.4, -0.2) is 6.29 Å². The molecule has 0 aliphatic carbocycles. The zero-order valence-electron chi connectivity index (χ0n) is 7.87. The molecule has 1 heteroatoms. The summed E-state index contributed by atoms with van der Waals surface area (Å²) in [6, 6.07) is 7.51. The van der Waals surface area contributed by atoms with Crippen molar-refractivity contribution in [1.29, 1.82) is 0 Å². The number of rotatable bonds is 2. The lowest BCUT2D eigenvalue weighted by Gasteiger charge is -2.18. The molecule has 1 nitrogen and oxygen atoms in total. The van der Waals surface area contributed by atoms with Gasteiger partial charge >= 0.3 is 0 Å². The Hall–Kier alpha value is -1.55. The van der Waals surface area contributed by atoms with E-state index in [1.165, 1.54) is 0 Å². The molecule has 1 aromatic carbocycles. The predicted molar refractivity (Wildman–Crippen MR) is 53.5 cm³/mol. The van der Waals surface area contributed by atoms with E-state index >= 15 is 0 Å². The maximum Gasteiger partial charge on any atom is 0.130 e. The summed E-state index contributed by atoms with van der Waals surface area (Å²) in [4.78, 5) is 10.8. The molecule has 0 unspecified atom stereocenters. The van der Waals surface area contributed by atoms with Crippen molar-refractivity contribution < 1.29 is 4.79 Å². The first kappa shape index (κ1) is 9.54. The van der Waals surface area contributed by atoms with E-state index in [0.29, 0.717) is 0 Å². The van der Waals surface area contributed by atoms with Crippen LogP contribution in [0.4, 0.5) is 0 Å². The van der Waals surface area contributed by atoms with Crippen LogP contribution in [0.15, 0.2) is 24.3 Å². The lowest BCUT2D eigenvalue weighted by Crippen LogP contribution is -2.20. The van der Waals surface area contributed by atoms with Crippen LogP contribution in [0.2, 0.25) is 0 Å². The van der Waals surface area contributed by atoms with E-state index in [2.05, 4.69) is 5.92 Å². The Morgan fingerprint density at radius 3 is 2.54 bits per heavy atom. The van der Waals surface area contributed by atoms with E-state index in [4.69, 9.17) is 6.42 Å². The summed E-state index contributed by atoms with van der Waals surface area (Å²) in [7, 11) is 0. The first-order chi connectivity index (χ1) is 6.11. The van der Waals surface area contributed by atoms with Crippen LogP contribution in [0.3, 0.4) is 0 Å². The van der Waals surface area contributed by atoms with Gasteiger partial charge in [0.05, 0.1) is 0 Å². The number of benzene rings is 1. The molecule has 1 rings (SSSR count). The predicted octanol–water partition coefficient (Wildman–Crippen LogP) is 2.14. The molecule has 1 aromatic rings. The van der Waals surface area contributed by atoms with Gasteiger partial charge in [-0.2, -0.15) is 0 Å². The quantitative estimate of drug-likeness (QED) is 0.493. The average Bonchev–Trinajstić information content (AvgIpc) is 2.18. The van der Waals surface area contributed by atoms with Crippen molar-refractivity contribution >= 4 is 6.29 Å². The molecule has 0 aliphatic heterocycles. The lowest BCUT2D eigenvalue weighted by molar-refractivity contribution is -0.111. The van der Waals surface area contributed by atoms with Crippen molar-refractivity contribution in [3.63, 3.8) is 0 Å². The van der Waals surface area contributed by atoms with Crippen LogP contribution in [0, 0.1) is 12.3 Å². The second-order valence-electron chi connectivity index (χ2n) is 3.53. The number of carbonyl (C=O) groups is 1. The Balaban J connectivity index is 3.30. The normalized spacial score (nSPS) is 10.5. The highest BCUT2D eigenvalue weighted by atomic mass is 16.1. The third-order valence-corrected chi connectivity index (χ3v) is 2.07. The van der Waals surface area contributed by atoms with Gasteiger partial charge < -0.3 is 4.79 Å². The van der Waals surface area contributed by atoms with Crippen LogP contribution in [-0.2, 0) is 10.2 Å². The van der Waals surface area contributed by atoms with E-state index in [0.717, 1.165) is 17.4 Å². The van der Waals surface area contributed by atoms with Gasteiger partial charge in [0.1, 0.15) is 6.29 Å². The monoisotopic (exact) mass is 172 g/mol. The first-order valence-electron chi connectivity index (χ1n) is 4.14. The second kappa shape index (κ2) is 3.45. The lowest BCUT2D eigenvalue weighted by atomic mass is 9.83. The van der Waals surface area contributed by atoms with Gasteiger partial charge in [-0.1, -0.05) is 24.1 Å². The van der Waals surface area contributed by atoms with Gasteiger partial charge in [-0.05, 0) is 25.5 Å². The SMILES string of the molecule is C#Cc1ccccc1C(C)(C)C=O. The topological polar surface area (TPSA) is 17.1 Å². The van der Waals surface area contributed by atoms with Crippen LogP contribution in [0.1, 0.15) is 25.0 Å². The Morgan fingerprint density at radius 1 is 1.38 bits per heavy atom. The summed E-state index contributed by atoms with van der Waals surface area (Å²) in [6.45, 7) is 3.71. The van der Waals surface area contributed by atoms with Crippen LogP contribution < -0.4 is 0 Å². The van der Waals surface area contributed by atoms with Crippen LogP contribution in [0.5, 0.6) is 0 Å². The van der Waals surface area contributed by atoms with E-state index < -0.39 is 5.41 Å². The molecule has 0 N–H and O–H groups in total. The van der Waals surface area contributed by atoms with Gasteiger partial charge in [-0.25, -0.2) is 0 Å². The Labute approximate surface area is 78.8 Å². The van der Waals surface area contributed by atoms with Crippen LogP contribution in [0.25, 0.3) is 0 Å². The van der Waals surface area contributed by atoms with Crippen molar-refractivity contribution in [3.8, 4) is 12.3 Å². The summed E-state index contributed by atoms with van der Waals surface area (Å²) in [5.41, 5.74) is 1.20. The maximum atomic E-state index is 10.8. The summed E-state index contributed by atoms with van der Waals surface area (Å²) in [6.07, 6.45) is 6.26. The van der Waals surface area contributed by atoms with Crippen molar-refractivity contribution in [2.24, 2.45) is 0 Å². The Bertz CT molecular complexity index is 356. The van der Waals surface area contributed by atoms with Crippen molar-refractivity contribution in [2.75, 3.05) is 0 Å². The molecule has 0 radical (unpaired) electrons. The Kier molecular flexibility index (Phi) is 2.53. The zero-order valence-corrected chi connectivity index (χ0v) is 7.87. The molecule has 0 saturated carbocycles. The van der Waals surface area contributed by atoms with Crippen molar-refractivity contribution in [2.45, 2.75) is 19.3 Å². The highest BCUT2D eigenvalue weighted by molar-refractivity contribution is 5.69. The standard InChI is InChI=1S/C12H12O/c1-4-10-7-5-6-8-11(10)12(2,3)9-13/h1,5-9H,2-3H3. The fraction of sp³-hybridized carbons (Fsp3) is 0.250. The zero-order chi connectivity index (χ0) is 9.90. The molecule has 0 spiro atoms. The molecule has 0 aromatic heterocycles. The third-order valence-electron chi connectivity index (χ3n) is 2.07. The van der Waals surface area contributed by atoms with Gasteiger partial charge in [-0.15, -0.1) is 6.42 Å². The number of aldehydes is 1. The molecule has 0 saturated heterocycles. The summed E-state index contributed by atoms with van der Waals surface area (Å²) >= 11 is 0. The molecule has 66 valence electrons. The average molecular weight is 172 g/mol. The third kappa shape index (κ3) is 1.78. The van der Waals surface area contributed by atoms with Crippen LogP contribution >= 0.6 is 0 Å². The van der Waals surface area contributed by atoms with Crippen molar-refractivity contribution in [1.82, 2.24) is 0 Å². The molecule has 13 heavy (non-hydrogen) atoms. The fourth-order valence-corrected chi connectivity index (χ4v) is 1.23. The van der Waals surface area contributed by atoms with Gasteiger partial charge in [0, 0.05) is 11.0 Å². The maximum absolute atomic E-state index is 10.8. The molecule has 0 fully saturated rings. The molecule has 0 aliphatic rings. The molecule has 0 atom stereocenters. The minimum atomic E-state index is -0.497. The number of terminal acetylenes is 1. The molecule has 0 heterocycles. The minimum absolute atomic E-state index is 0.497. The summed E-state index contributed by atoms with van der Waals surface area (Å²) < 4.78 is 0. The van der Waals surface area contributed by atoms with Gasteiger partial charge in [-0.3, -0.25) is 0 Å². The molecule has 0 bridgehead atoms. The van der Waals surface area contributed by atoms with Gasteiger partial charge in [0.2, 0.25) is 0 Å². The highest BCUT2D eigenvalue weighted by Gasteiger charge is 2.21. The smallest absolute Gasteiger partial charge is 0.130 e. The van der Waals surface area contributed by atoms with Gasteiger partial charge in [0.15, 0.2) is 0 Å². The fourth-order valence-electron chi connectivity index (χ4n) is 1.23. The number of hydrogen-bond acceptors (Lipinski definition) is 1. The number of carbonyl (C=O) groups excluding carboxylic acids is 1. The minimum Gasteiger partial charge on any atom is -0.302 e. The van der Waals surface area contributed by atoms with Gasteiger partial charge in [0.25, 0.3) is 0 Å². The van der Waals surface area contributed by atoms with E-state index in [9.17, 15) is 4.79 Å². The van der Waals surface area contributed by atoms with E-state index in [1.807, 2.05) is 38.1 Å². The molecular formula is C12H12O. The first-order valence-corrected chi connectivity index (χ1v) is 4.14. The highest BCUT2D eigenvalue weighted by Crippen LogP contribution is 2.23. The van der Waals surface area contributed by atoms with E-state index in [1.54, 1.807) is 0 Å². The van der Waals surface area contributed by atoms with E-state index in [-0.39, 0.29) is 0 Å². The summed E-state index contributed by atoms with van der Waals surface area (Å²) in [5, 5.41) is 0. The summed E-state index contributed by atoms with van der Waals surface area (Å²) in [5.74, 6) is 2.58. The van der Waals surface area contributed by atoms with Crippen molar-refractivity contribution in [3.05, 3.63) is 35.4 Å². The second-order valence-corrected chi connectivity index (χ2v) is 3.53. The largest absolute Gasteiger partial charge is 0.302 e. The molecular weight excluding hydrogens is 160 g/mol. The Morgan fingerprint density at radius 2 is 2.00 bits per heavy atom. The molecule has 0 amide bonds.